The average Bonchev–Trinajstić information content (AvgIpc) is 2.81. The molecule has 2 unspecified atom stereocenters. The van der Waals surface area contributed by atoms with Crippen molar-refractivity contribution in [3.05, 3.63) is 28.8 Å². The van der Waals surface area contributed by atoms with E-state index in [0.717, 1.165) is 12.8 Å². The van der Waals surface area contributed by atoms with E-state index in [2.05, 4.69) is 12.2 Å². The van der Waals surface area contributed by atoms with Gasteiger partial charge in [-0.05, 0) is 38.0 Å². The number of halogens is 1. The van der Waals surface area contributed by atoms with Gasteiger partial charge >= 0.3 is 5.97 Å². The number of nitrogens with one attached hydrogen (secondary N) is 1. The molecule has 1 aliphatic rings. The van der Waals surface area contributed by atoms with Crippen molar-refractivity contribution in [2.24, 2.45) is 0 Å². The van der Waals surface area contributed by atoms with Crippen LogP contribution in [-0.4, -0.2) is 31.8 Å². The molecule has 1 aromatic carbocycles. The Bertz CT molecular complexity index is 464. The Balaban J connectivity index is 2.05. The summed E-state index contributed by atoms with van der Waals surface area (Å²) in [4.78, 5) is 11.7. The van der Waals surface area contributed by atoms with E-state index in [1.807, 2.05) is 0 Å². The van der Waals surface area contributed by atoms with Crippen molar-refractivity contribution < 1.29 is 14.3 Å². The van der Waals surface area contributed by atoms with Crippen LogP contribution >= 0.6 is 11.6 Å². The molecule has 0 aromatic heterocycles. The molecule has 0 aliphatic carbocycles. The summed E-state index contributed by atoms with van der Waals surface area (Å²) in [5.74, 6) is -0.375. The fourth-order valence-corrected chi connectivity index (χ4v) is 2.38. The van der Waals surface area contributed by atoms with Crippen LogP contribution in [0.25, 0.3) is 0 Å². The maximum Gasteiger partial charge on any atom is 0.339 e. The molecule has 4 nitrogen and oxygen atoms in total. The maximum absolute atomic E-state index is 11.7. The Labute approximate surface area is 118 Å². The number of ether oxygens (including phenoxy) is 2. The standard InChI is InChI=1S/C14H18ClNO3/c1-9-3-5-11(19-9)8-16-13-7-10(15)4-6-12(13)14(17)18-2/h4,6-7,9,11,16H,3,5,8H2,1-2H3. The van der Waals surface area contributed by atoms with Crippen LogP contribution in [0.4, 0.5) is 5.69 Å². The first-order valence-electron chi connectivity index (χ1n) is 6.37. The molecule has 1 heterocycles. The number of benzene rings is 1. The van der Waals surface area contributed by atoms with E-state index in [-0.39, 0.29) is 12.1 Å². The van der Waals surface area contributed by atoms with Crippen molar-refractivity contribution in [3.63, 3.8) is 0 Å². The third kappa shape index (κ3) is 3.61. The van der Waals surface area contributed by atoms with Gasteiger partial charge in [-0.25, -0.2) is 4.79 Å². The van der Waals surface area contributed by atoms with E-state index in [9.17, 15) is 4.79 Å². The van der Waals surface area contributed by atoms with E-state index >= 15 is 0 Å². The lowest BCUT2D eigenvalue weighted by Crippen LogP contribution is -2.21. The van der Waals surface area contributed by atoms with Gasteiger partial charge in [0.1, 0.15) is 0 Å². The van der Waals surface area contributed by atoms with Crippen molar-refractivity contribution in [2.45, 2.75) is 32.0 Å². The number of hydrogen-bond donors (Lipinski definition) is 1. The van der Waals surface area contributed by atoms with Crippen molar-refractivity contribution in [2.75, 3.05) is 19.0 Å². The zero-order valence-electron chi connectivity index (χ0n) is 11.1. The molecule has 1 N–H and O–H groups in total. The van der Waals surface area contributed by atoms with Crippen LogP contribution in [0.3, 0.4) is 0 Å². The minimum absolute atomic E-state index is 0.180. The average molecular weight is 284 g/mol. The molecule has 19 heavy (non-hydrogen) atoms. The summed E-state index contributed by atoms with van der Waals surface area (Å²) in [5.41, 5.74) is 1.17. The topological polar surface area (TPSA) is 47.6 Å². The van der Waals surface area contributed by atoms with E-state index in [0.29, 0.717) is 28.9 Å². The summed E-state index contributed by atoms with van der Waals surface area (Å²) in [7, 11) is 1.36. The van der Waals surface area contributed by atoms with Gasteiger partial charge in [-0.3, -0.25) is 0 Å². The zero-order chi connectivity index (χ0) is 13.8. The summed E-state index contributed by atoms with van der Waals surface area (Å²) in [6.45, 7) is 2.73. The third-order valence-electron chi connectivity index (χ3n) is 3.23. The van der Waals surface area contributed by atoms with Crippen LogP contribution in [0.5, 0.6) is 0 Å². The van der Waals surface area contributed by atoms with Gasteiger partial charge < -0.3 is 14.8 Å². The molecule has 0 amide bonds. The van der Waals surface area contributed by atoms with Crippen LogP contribution < -0.4 is 5.32 Å². The van der Waals surface area contributed by atoms with Crippen molar-refractivity contribution in [1.29, 1.82) is 0 Å². The lowest BCUT2D eigenvalue weighted by molar-refractivity contribution is 0.0597. The Kier molecular flexibility index (Phi) is 4.66. The van der Waals surface area contributed by atoms with Gasteiger partial charge in [-0.15, -0.1) is 0 Å². The quantitative estimate of drug-likeness (QED) is 0.863. The molecule has 0 bridgehead atoms. The molecule has 0 spiro atoms. The largest absolute Gasteiger partial charge is 0.465 e. The SMILES string of the molecule is COC(=O)c1ccc(Cl)cc1NCC1CCC(C)O1. The Morgan fingerprint density at radius 1 is 1.53 bits per heavy atom. The first-order valence-corrected chi connectivity index (χ1v) is 6.75. The zero-order valence-corrected chi connectivity index (χ0v) is 11.9. The molecule has 2 rings (SSSR count). The van der Waals surface area contributed by atoms with Gasteiger partial charge in [-0.1, -0.05) is 11.6 Å². The summed E-state index contributed by atoms with van der Waals surface area (Å²) < 4.78 is 10.5. The summed E-state index contributed by atoms with van der Waals surface area (Å²) in [6, 6.07) is 5.06. The predicted molar refractivity (Wildman–Crippen MR) is 74.9 cm³/mol. The summed E-state index contributed by atoms with van der Waals surface area (Å²) in [6.07, 6.45) is 2.60. The van der Waals surface area contributed by atoms with Crippen molar-refractivity contribution >= 4 is 23.3 Å². The highest BCUT2D eigenvalue weighted by Crippen LogP contribution is 2.24. The minimum Gasteiger partial charge on any atom is -0.465 e. The molecule has 1 fully saturated rings. The van der Waals surface area contributed by atoms with Crippen LogP contribution in [0.2, 0.25) is 5.02 Å². The van der Waals surface area contributed by atoms with Gasteiger partial charge in [0.25, 0.3) is 0 Å². The van der Waals surface area contributed by atoms with Gasteiger partial charge in [0.15, 0.2) is 0 Å². The van der Waals surface area contributed by atoms with E-state index < -0.39 is 0 Å². The highest BCUT2D eigenvalue weighted by Gasteiger charge is 2.22. The number of rotatable bonds is 4. The number of hydrogen-bond acceptors (Lipinski definition) is 4. The fourth-order valence-electron chi connectivity index (χ4n) is 2.21. The lowest BCUT2D eigenvalue weighted by Gasteiger charge is -2.15. The minimum atomic E-state index is -0.375. The number of esters is 1. The van der Waals surface area contributed by atoms with E-state index in [1.54, 1.807) is 18.2 Å². The monoisotopic (exact) mass is 283 g/mol. The van der Waals surface area contributed by atoms with E-state index in [1.165, 1.54) is 7.11 Å². The molecule has 0 saturated carbocycles. The highest BCUT2D eigenvalue weighted by atomic mass is 35.5. The Hall–Kier alpha value is -1.26. The second-order valence-electron chi connectivity index (χ2n) is 4.71. The van der Waals surface area contributed by atoms with Crippen LogP contribution in [0.1, 0.15) is 30.1 Å². The van der Waals surface area contributed by atoms with Gasteiger partial charge in [0.05, 0.1) is 30.6 Å². The first kappa shape index (κ1) is 14.2. The smallest absolute Gasteiger partial charge is 0.339 e. The summed E-state index contributed by atoms with van der Waals surface area (Å²) >= 11 is 5.96. The van der Waals surface area contributed by atoms with Gasteiger partial charge in [-0.2, -0.15) is 0 Å². The first-order chi connectivity index (χ1) is 9.10. The molecule has 1 aromatic rings. The predicted octanol–water partition coefficient (Wildman–Crippen LogP) is 3.11. The fraction of sp³-hybridized carbons (Fsp3) is 0.500. The molecule has 5 heteroatoms. The third-order valence-corrected chi connectivity index (χ3v) is 3.46. The molecule has 0 radical (unpaired) electrons. The second-order valence-corrected chi connectivity index (χ2v) is 5.14. The molecule has 2 atom stereocenters. The highest BCUT2D eigenvalue weighted by molar-refractivity contribution is 6.31. The van der Waals surface area contributed by atoms with Crippen LogP contribution in [-0.2, 0) is 9.47 Å². The number of carbonyl (C=O) groups excluding carboxylic acids is 1. The Morgan fingerprint density at radius 3 is 2.95 bits per heavy atom. The van der Waals surface area contributed by atoms with Crippen molar-refractivity contribution in [3.8, 4) is 0 Å². The van der Waals surface area contributed by atoms with E-state index in [4.69, 9.17) is 21.1 Å². The summed E-state index contributed by atoms with van der Waals surface area (Å²) in [5, 5.41) is 3.80. The molecule has 104 valence electrons. The number of methoxy groups -OCH3 is 1. The lowest BCUT2D eigenvalue weighted by atomic mass is 10.1. The molecule has 1 saturated heterocycles. The van der Waals surface area contributed by atoms with Crippen LogP contribution in [0, 0.1) is 0 Å². The molecule has 1 aliphatic heterocycles. The number of carbonyl (C=O) groups is 1. The molecular weight excluding hydrogens is 266 g/mol. The van der Waals surface area contributed by atoms with Crippen molar-refractivity contribution in [1.82, 2.24) is 0 Å². The maximum atomic E-state index is 11.7. The van der Waals surface area contributed by atoms with Gasteiger partial charge in [0.2, 0.25) is 0 Å². The number of anilines is 1. The van der Waals surface area contributed by atoms with Gasteiger partial charge in [0, 0.05) is 11.6 Å². The molecular formula is C14H18ClNO3. The normalized spacial score (nSPS) is 22.3. The van der Waals surface area contributed by atoms with Crippen LogP contribution in [0.15, 0.2) is 18.2 Å². The second kappa shape index (κ2) is 6.26. The Morgan fingerprint density at radius 2 is 2.32 bits per heavy atom.